The number of nitrogens with zero attached hydrogens (tertiary/aromatic N) is 6. The Balaban J connectivity index is 1.41. The SMILES string of the molecule is Cc1nn(-c2ccccc2)c2c1[C@@H](C)[C@H]1CC3(CC4(C)C[C@@H]3C1(C)c1c(C)nn(-c3ccccc3)c1N4C)N2C. The summed E-state index contributed by atoms with van der Waals surface area (Å²) in [6, 6.07) is 21.4. The fourth-order valence-corrected chi connectivity index (χ4v) is 10.1. The Labute approximate surface area is 237 Å². The van der Waals surface area contributed by atoms with Crippen molar-refractivity contribution < 1.29 is 0 Å². The molecule has 0 N–H and O–H groups in total. The Morgan fingerprint density at radius 2 is 1.32 bits per heavy atom. The van der Waals surface area contributed by atoms with Gasteiger partial charge in [0.1, 0.15) is 11.6 Å². The molecule has 8 rings (SSSR count). The van der Waals surface area contributed by atoms with Crippen LogP contribution in [-0.4, -0.2) is 44.7 Å². The molecule has 0 saturated heterocycles. The van der Waals surface area contributed by atoms with Gasteiger partial charge in [0.05, 0.1) is 22.8 Å². The maximum absolute atomic E-state index is 5.27. The van der Waals surface area contributed by atoms with Crippen molar-refractivity contribution in [2.24, 2.45) is 11.8 Å². The highest BCUT2D eigenvalue weighted by atomic mass is 15.4. The first-order valence-corrected chi connectivity index (χ1v) is 14.9. The van der Waals surface area contributed by atoms with E-state index in [1.54, 1.807) is 0 Å². The second-order valence-electron chi connectivity index (χ2n) is 13.6. The van der Waals surface area contributed by atoms with E-state index in [4.69, 9.17) is 10.2 Å². The number of aryl methyl sites for hydroxylation is 2. The van der Waals surface area contributed by atoms with Gasteiger partial charge >= 0.3 is 0 Å². The summed E-state index contributed by atoms with van der Waals surface area (Å²) in [5, 5.41) is 10.5. The lowest BCUT2D eigenvalue weighted by Gasteiger charge is -2.48. The quantitative estimate of drug-likeness (QED) is 0.293. The predicted molar refractivity (Wildman–Crippen MR) is 161 cm³/mol. The molecular weight excluding hydrogens is 492 g/mol. The average Bonchev–Trinajstić information content (AvgIpc) is 3.63. The largest absolute Gasteiger partial charge is 0.354 e. The van der Waals surface area contributed by atoms with Gasteiger partial charge in [0.15, 0.2) is 0 Å². The first kappa shape index (κ1) is 24.3. The van der Waals surface area contributed by atoms with Gasteiger partial charge in [0.2, 0.25) is 0 Å². The molecule has 2 aromatic carbocycles. The van der Waals surface area contributed by atoms with Crippen molar-refractivity contribution >= 4 is 11.6 Å². The lowest BCUT2D eigenvalue weighted by atomic mass is 9.62. The van der Waals surface area contributed by atoms with E-state index in [1.807, 2.05) is 0 Å². The Bertz CT molecular complexity index is 1650. The van der Waals surface area contributed by atoms with Crippen LogP contribution in [0.1, 0.15) is 68.5 Å². The predicted octanol–water partition coefficient (Wildman–Crippen LogP) is 6.56. The zero-order valence-corrected chi connectivity index (χ0v) is 24.8. The van der Waals surface area contributed by atoms with E-state index in [2.05, 4.69) is 129 Å². The van der Waals surface area contributed by atoms with Crippen molar-refractivity contribution in [1.29, 1.82) is 0 Å². The number of fused-ring (bicyclic) bond motifs is 6. The summed E-state index contributed by atoms with van der Waals surface area (Å²) in [4.78, 5) is 5.31. The lowest BCUT2D eigenvalue weighted by Crippen LogP contribution is -2.53. The maximum Gasteiger partial charge on any atom is 0.136 e. The van der Waals surface area contributed by atoms with Crippen LogP contribution < -0.4 is 9.80 Å². The van der Waals surface area contributed by atoms with Crippen LogP contribution in [0.4, 0.5) is 11.6 Å². The van der Waals surface area contributed by atoms with Crippen LogP contribution in [0.25, 0.3) is 11.4 Å². The lowest BCUT2D eigenvalue weighted by molar-refractivity contribution is 0.219. The van der Waals surface area contributed by atoms with Gasteiger partial charge in [0.25, 0.3) is 0 Å². The molecule has 2 saturated carbocycles. The summed E-state index contributed by atoms with van der Waals surface area (Å²) < 4.78 is 4.48. The number of hydrogen-bond donors (Lipinski definition) is 0. The topological polar surface area (TPSA) is 42.1 Å². The number of anilines is 2. The van der Waals surface area contributed by atoms with E-state index in [0.717, 1.165) is 23.5 Å². The Morgan fingerprint density at radius 3 is 1.95 bits per heavy atom. The van der Waals surface area contributed by atoms with Crippen LogP contribution in [0.15, 0.2) is 60.7 Å². The van der Waals surface area contributed by atoms with Gasteiger partial charge in [-0.3, -0.25) is 0 Å². The van der Waals surface area contributed by atoms with Gasteiger partial charge in [-0.2, -0.15) is 10.2 Å². The molecule has 206 valence electrons. The highest BCUT2D eigenvalue weighted by Gasteiger charge is 2.73. The summed E-state index contributed by atoms with van der Waals surface area (Å²) in [6.45, 7) is 12.1. The van der Waals surface area contributed by atoms with Gasteiger partial charge in [-0.1, -0.05) is 50.2 Å². The van der Waals surface area contributed by atoms with Crippen molar-refractivity contribution in [3.8, 4) is 11.4 Å². The molecule has 4 aromatic rings. The number of rotatable bonds is 2. The normalized spacial score (nSPS) is 33.5. The number of para-hydroxylation sites is 2. The zero-order chi connectivity index (χ0) is 27.8. The average molecular weight is 533 g/mol. The van der Waals surface area contributed by atoms with Crippen LogP contribution in [0.5, 0.6) is 0 Å². The molecule has 6 nitrogen and oxygen atoms in total. The van der Waals surface area contributed by atoms with E-state index in [-0.39, 0.29) is 16.5 Å². The molecule has 4 aliphatic rings. The molecule has 4 bridgehead atoms. The van der Waals surface area contributed by atoms with E-state index in [9.17, 15) is 0 Å². The summed E-state index contributed by atoms with van der Waals surface area (Å²) in [7, 11) is 4.71. The van der Waals surface area contributed by atoms with E-state index in [1.165, 1.54) is 41.3 Å². The molecule has 2 aromatic heterocycles. The standard InChI is InChI=1S/C34H40N6/c1-21-26-18-34(38(7)30-28(21)22(2)35-39(30)24-14-10-8-11-15-24)20-32(4)19-27(34)33(26,5)29-23(3)36-40(31(29)37(32)6)25-16-12-9-13-17-25/h8-17,21,26-27H,18-20H2,1-7H3/t21-,26+,27+,32?,33?,34?/m0/s1. The Hall–Kier alpha value is -3.54. The second-order valence-corrected chi connectivity index (χ2v) is 13.6. The van der Waals surface area contributed by atoms with Crippen molar-refractivity contribution in [3.63, 3.8) is 0 Å². The summed E-state index contributed by atoms with van der Waals surface area (Å²) in [5.41, 5.74) is 7.60. The first-order valence-electron chi connectivity index (χ1n) is 14.9. The Kier molecular flexibility index (Phi) is 4.61. The molecule has 40 heavy (non-hydrogen) atoms. The Morgan fingerprint density at radius 1 is 0.750 bits per heavy atom. The van der Waals surface area contributed by atoms with Gasteiger partial charge < -0.3 is 9.80 Å². The van der Waals surface area contributed by atoms with Gasteiger partial charge in [-0.15, -0.1) is 0 Å². The monoisotopic (exact) mass is 532 g/mol. The van der Waals surface area contributed by atoms with Crippen LogP contribution in [0, 0.1) is 25.7 Å². The third kappa shape index (κ3) is 2.66. The van der Waals surface area contributed by atoms with Gasteiger partial charge in [0, 0.05) is 41.7 Å². The highest BCUT2D eigenvalue weighted by molar-refractivity contribution is 5.68. The van der Waals surface area contributed by atoms with Crippen LogP contribution >= 0.6 is 0 Å². The minimum Gasteiger partial charge on any atom is -0.354 e. The van der Waals surface area contributed by atoms with E-state index in [0.29, 0.717) is 17.8 Å². The molecular formula is C34H40N6. The molecule has 2 aliphatic heterocycles. The van der Waals surface area contributed by atoms with Crippen LogP contribution in [0.3, 0.4) is 0 Å². The van der Waals surface area contributed by atoms with Crippen molar-refractivity contribution in [2.75, 3.05) is 23.9 Å². The fourth-order valence-electron chi connectivity index (χ4n) is 10.1. The fraction of sp³-hybridized carbons (Fsp3) is 0.471. The number of aromatic nitrogens is 4. The van der Waals surface area contributed by atoms with Crippen LogP contribution in [-0.2, 0) is 5.41 Å². The molecule has 4 heterocycles. The molecule has 6 heteroatoms. The number of hydrogen-bond acceptors (Lipinski definition) is 4. The van der Waals surface area contributed by atoms with Crippen molar-refractivity contribution in [3.05, 3.63) is 83.2 Å². The minimum absolute atomic E-state index is 0.00161. The molecule has 0 amide bonds. The summed E-state index contributed by atoms with van der Waals surface area (Å²) >= 11 is 0. The van der Waals surface area contributed by atoms with Gasteiger partial charge in [-0.05, 0) is 82.1 Å². The zero-order valence-electron chi connectivity index (χ0n) is 24.8. The highest BCUT2D eigenvalue weighted by Crippen LogP contribution is 2.73. The van der Waals surface area contributed by atoms with Crippen LogP contribution in [0.2, 0.25) is 0 Å². The van der Waals surface area contributed by atoms with Crippen molar-refractivity contribution in [1.82, 2.24) is 19.6 Å². The molecule has 2 fully saturated rings. The molecule has 3 unspecified atom stereocenters. The minimum atomic E-state index is 0.00161. The molecule has 0 radical (unpaired) electrons. The van der Waals surface area contributed by atoms with Crippen molar-refractivity contribution in [2.45, 2.75) is 76.3 Å². The summed E-state index contributed by atoms with van der Waals surface area (Å²) in [6.07, 6.45) is 3.52. The third-order valence-electron chi connectivity index (χ3n) is 11.9. The molecule has 1 spiro atoms. The van der Waals surface area contributed by atoms with E-state index >= 15 is 0 Å². The summed E-state index contributed by atoms with van der Waals surface area (Å²) in [5.74, 6) is 3.99. The molecule has 6 atom stereocenters. The molecule has 2 aliphatic carbocycles. The maximum atomic E-state index is 5.27. The van der Waals surface area contributed by atoms with E-state index < -0.39 is 0 Å². The first-order chi connectivity index (χ1) is 19.1. The van der Waals surface area contributed by atoms with Gasteiger partial charge in [-0.25, -0.2) is 9.36 Å². The smallest absolute Gasteiger partial charge is 0.136 e. The second kappa shape index (κ2) is 7.59. The third-order valence-corrected chi connectivity index (χ3v) is 11.9. The number of benzene rings is 2.